The number of isocyanates is 1. The SMILES string of the molecule is COCc1c(OC)ccc(C2(N=C=O)CC2)c1F. The van der Waals surface area contributed by atoms with E-state index >= 15 is 0 Å². The second kappa shape index (κ2) is 4.88. The highest BCUT2D eigenvalue weighted by atomic mass is 19.1. The first-order chi connectivity index (χ1) is 8.68. The molecule has 4 nitrogen and oxygen atoms in total. The minimum absolute atomic E-state index is 0.115. The number of methoxy groups -OCH3 is 2. The monoisotopic (exact) mass is 251 g/mol. The van der Waals surface area contributed by atoms with Gasteiger partial charge in [0.05, 0.1) is 19.3 Å². The van der Waals surface area contributed by atoms with Gasteiger partial charge >= 0.3 is 0 Å². The number of ether oxygens (including phenoxy) is 2. The normalized spacial score (nSPS) is 15.9. The molecule has 1 aliphatic rings. The van der Waals surface area contributed by atoms with Gasteiger partial charge in [0.25, 0.3) is 0 Å². The van der Waals surface area contributed by atoms with E-state index in [1.165, 1.54) is 20.3 Å². The van der Waals surface area contributed by atoms with E-state index in [9.17, 15) is 9.18 Å². The fourth-order valence-electron chi connectivity index (χ4n) is 2.08. The summed E-state index contributed by atoms with van der Waals surface area (Å²) in [6, 6.07) is 3.29. The van der Waals surface area contributed by atoms with Gasteiger partial charge in [-0.15, -0.1) is 0 Å². The lowest BCUT2D eigenvalue weighted by molar-refractivity contribution is 0.177. The number of carbonyl (C=O) groups excluding carboxylic acids is 1. The van der Waals surface area contributed by atoms with E-state index in [1.54, 1.807) is 12.1 Å². The van der Waals surface area contributed by atoms with E-state index in [0.717, 1.165) is 0 Å². The number of rotatable bonds is 5. The second-order valence-corrected chi connectivity index (χ2v) is 4.28. The Morgan fingerprint density at radius 1 is 1.44 bits per heavy atom. The van der Waals surface area contributed by atoms with Crippen molar-refractivity contribution in [1.82, 2.24) is 0 Å². The zero-order valence-electron chi connectivity index (χ0n) is 10.3. The zero-order chi connectivity index (χ0) is 13.2. The van der Waals surface area contributed by atoms with Gasteiger partial charge in [-0.1, -0.05) is 0 Å². The maximum absolute atomic E-state index is 14.4. The molecular weight excluding hydrogens is 237 g/mol. The van der Waals surface area contributed by atoms with Crippen LogP contribution in [0.3, 0.4) is 0 Å². The van der Waals surface area contributed by atoms with Crippen molar-refractivity contribution in [1.29, 1.82) is 0 Å². The van der Waals surface area contributed by atoms with Crippen molar-refractivity contribution in [3.63, 3.8) is 0 Å². The van der Waals surface area contributed by atoms with Crippen LogP contribution >= 0.6 is 0 Å². The standard InChI is InChI=1S/C13H14FNO3/c1-17-7-9-11(18-2)4-3-10(12(9)14)13(5-6-13)15-8-16/h3-4H,5-7H2,1-2H3. The minimum atomic E-state index is -0.722. The molecule has 96 valence electrons. The van der Waals surface area contributed by atoms with Crippen molar-refractivity contribution in [2.45, 2.75) is 25.0 Å². The number of hydrogen-bond donors (Lipinski definition) is 0. The first-order valence-corrected chi connectivity index (χ1v) is 5.62. The Bertz CT molecular complexity index is 505. The van der Waals surface area contributed by atoms with E-state index in [1.807, 2.05) is 0 Å². The summed E-state index contributed by atoms with van der Waals surface area (Å²) >= 11 is 0. The number of benzene rings is 1. The largest absolute Gasteiger partial charge is 0.496 e. The quantitative estimate of drug-likeness (QED) is 0.596. The molecule has 0 saturated heterocycles. The first-order valence-electron chi connectivity index (χ1n) is 5.62. The second-order valence-electron chi connectivity index (χ2n) is 4.28. The maximum atomic E-state index is 14.4. The molecule has 0 N–H and O–H groups in total. The summed E-state index contributed by atoms with van der Waals surface area (Å²) in [7, 11) is 2.96. The van der Waals surface area contributed by atoms with Gasteiger partial charge in [-0.05, 0) is 25.0 Å². The fourth-order valence-corrected chi connectivity index (χ4v) is 2.08. The maximum Gasteiger partial charge on any atom is 0.235 e. The Hall–Kier alpha value is -1.71. The lowest BCUT2D eigenvalue weighted by Gasteiger charge is -2.15. The van der Waals surface area contributed by atoms with E-state index in [-0.39, 0.29) is 6.61 Å². The Morgan fingerprint density at radius 3 is 2.67 bits per heavy atom. The van der Waals surface area contributed by atoms with E-state index in [0.29, 0.717) is 29.7 Å². The molecular formula is C13H14FNO3. The summed E-state index contributed by atoms with van der Waals surface area (Å²) in [6.45, 7) is 0.115. The van der Waals surface area contributed by atoms with Crippen LogP contribution in [0.15, 0.2) is 17.1 Å². The summed E-state index contributed by atoms with van der Waals surface area (Å²) in [4.78, 5) is 14.1. The first kappa shape index (κ1) is 12.7. The number of aliphatic imine (C=N–C) groups is 1. The van der Waals surface area contributed by atoms with E-state index in [4.69, 9.17) is 9.47 Å². The highest BCUT2D eigenvalue weighted by molar-refractivity contribution is 5.46. The van der Waals surface area contributed by atoms with Crippen molar-refractivity contribution in [3.8, 4) is 5.75 Å². The third kappa shape index (κ3) is 2.03. The van der Waals surface area contributed by atoms with Gasteiger partial charge in [-0.3, -0.25) is 0 Å². The van der Waals surface area contributed by atoms with Gasteiger partial charge in [-0.25, -0.2) is 9.18 Å². The molecule has 0 spiro atoms. The van der Waals surface area contributed by atoms with Crippen LogP contribution in [0.4, 0.5) is 4.39 Å². The molecule has 2 rings (SSSR count). The fraction of sp³-hybridized carbons (Fsp3) is 0.462. The van der Waals surface area contributed by atoms with Crippen molar-refractivity contribution in [2.75, 3.05) is 14.2 Å². The van der Waals surface area contributed by atoms with Gasteiger partial charge in [-0.2, -0.15) is 4.99 Å². The topological polar surface area (TPSA) is 47.9 Å². The van der Waals surface area contributed by atoms with Crippen LogP contribution in [0.25, 0.3) is 0 Å². The summed E-state index contributed by atoms with van der Waals surface area (Å²) in [5.41, 5.74) is 0.0456. The molecule has 0 atom stereocenters. The van der Waals surface area contributed by atoms with E-state index in [2.05, 4.69) is 4.99 Å². The number of hydrogen-bond acceptors (Lipinski definition) is 4. The molecule has 1 aromatic carbocycles. The molecule has 0 heterocycles. The molecule has 0 amide bonds. The molecule has 1 aliphatic carbocycles. The molecule has 0 aromatic heterocycles. The Kier molecular flexibility index (Phi) is 3.45. The highest BCUT2D eigenvalue weighted by Gasteiger charge is 2.47. The van der Waals surface area contributed by atoms with Gasteiger partial charge in [0.2, 0.25) is 6.08 Å². The van der Waals surface area contributed by atoms with Gasteiger partial charge in [0.15, 0.2) is 0 Å². The van der Waals surface area contributed by atoms with Crippen LogP contribution < -0.4 is 4.74 Å². The average Bonchev–Trinajstić information content (AvgIpc) is 3.13. The summed E-state index contributed by atoms with van der Waals surface area (Å²) in [6.07, 6.45) is 2.85. The van der Waals surface area contributed by atoms with Crippen molar-refractivity contribution in [2.24, 2.45) is 4.99 Å². The van der Waals surface area contributed by atoms with Gasteiger partial charge in [0.1, 0.15) is 17.1 Å². The molecule has 0 unspecified atom stereocenters. The molecule has 5 heteroatoms. The molecule has 0 bridgehead atoms. The zero-order valence-corrected chi connectivity index (χ0v) is 10.3. The lowest BCUT2D eigenvalue weighted by atomic mass is 10.0. The van der Waals surface area contributed by atoms with Gasteiger partial charge in [0, 0.05) is 12.7 Å². The van der Waals surface area contributed by atoms with Crippen molar-refractivity contribution in [3.05, 3.63) is 29.1 Å². The molecule has 1 fully saturated rings. The Balaban J connectivity index is 2.50. The molecule has 18 heavy (non-hydrogen) atoms. The third-order valence-electron chi connectivity index (χ3n) is 3.19. The number of halogens is 1. The summed E-state index contributed by atoms with van der Waals surface area (Å²) < 4.78 is 24.5. The van der Waals surface area contributed by atoms with Crippen LogP contribution in [0.5, 0.6) is 5.75 Å². The van der Waals surface area contributed by atoms with Crippen LogP contribution in [-0.2, 0) is 21.7 Å². The van der Waals surface area contributed by atoms with Crippen LogP contribution in [0, 0.1) is 5.82 Å². The van der Waals surface area contributed by atoms with Crippen molar-refractivity contribution >= 4 is 6.08 Å². The summed E-state index contributed by atoms with van der Waals surface area (Å²) in [5, 5.41) is 0. The molecule has 1 aromatic rings. The highest BCUT2D eigenvalue weighted by Crippen LogP contribution is 2.51. The molecule has 1 saturated carbocycles. The van der Waals surface area contributed by atoms with Crippen molar-refractivity contribution < 1.29 is 18.7 Å². The predicted octanol–water partition coefficient (Wildman–Crippen LogP) is 2.31. The lowest BCUT2D eigenvalue weighted by Crippen LogP contribution is -2.09. The van der Waals surface area contributed by atoms with E-state index < -0.39 is 11.4 Å². The predicted molar refractivity (Wildman–Crippen MR) is 62.7 cm³/mol. The van der Waals surface area contributed by atoms with Crippen LogP contribution in [0.2, 0.25) is 0 Å². The van der Waals surface area contributed by atoms with Crippen LogP contribution in [-0.4, -0.2) is 20.3 Å². The average molecular weight is 251 g/mol. The summed E-state index contributed by atoms with van der Waals surface area (Å²) in [5.74, 6) is 0.0247. The smallest absolute Gasteiger partial charge is 0.235 e. The Morgan fingerprint density at radius 2 is 2.17 bits per heavy atom. The third-order valence-corrected chi connectivity index (χ3v) is 3.19. The molecule has 0 radical (unpaired) electrons. The number of nitrogens with zero attached hydrogens (tertiary/aromatic N) is 1. The minimum Gasteiger partial charge on any atom is -0.496 e. The van der Waals surface area contributed by atoms with Crippen LogP contribution in [0.1, 0.15) is 24.0 Å². The molecule has 0 aliphatic heterocycles. The van der Waals surface area contributed by atoms with Gasteiger partial charge < -0.3 is 9.47 Å². The Labute approximate surface area is 104 Å².